The molecule has 2 aliphatic heterocycles. The average molecular weight is 833 g/mol. The summed E-state index contributed by atoms with van der Waals surface area (Å²) in [5.41, 5.74) is 23.6. The summed E-state index contributed by atoms with van der Waals surface area (Å²) in [4.78, 5) is 102. The minimum Gasteiger partial charge on any atom is -0.370 e. The summed E-state index contributed by atoms with van der Waals surface area (Å²) in [5, 5.41) is 16.1. The minimum atomic E-state index is -1.11. The van der Waals surface area contributed by atoms with Crippen LogP contribution in [-0.4, -0.2) is 122 Å². The van der Waals surface area contributed by atoms with Crippen LogP contribution < -0.4 is 59.7 Å². The van der Waals surface area contributed by atoms with Crippen LogP contribution in [-0.2, 0) is 28.8 Å². The Labute approximate surface area is 347 Å². The molecule has 7 amide bonds. The molecule has 4 rings (SSSR count). The van der Waals surface area contributed by atoms with Gasteiger partial charge in [-0.1, -0.05) is 24.3 Å². The third kappa shape index (κ3) is 14.0. The summed E-state index contributed by atoms with van der Waals surface area (Å²) in [6.07, 6.45) is 2.45. The molecule has 0 saturated carbocycles. The van der Waals surface area contributed by atoms with Gasteiger partial charge in [0.1, 0.15) is 12.1 Å². The highest BCUT2D eigenvalue weighted by molar-refractivity contribution is 6.18. The van der Waals surface area contributed by atoms with Crippen LogP contribution in [0.15, 0.2) is 58.5 Å². The second kappa shape index (κ2) is 22.5. The number of nitrogens with one attached hydrogen (secondary N) is 6. The summed E-state index contributed by atoms with van der Waals surface area (Å²) in [6.45, 7) is 3.80. The van der Waals surface area contributed by atoms with Crippen LogP contribution >= 0.6 is 0 Å². The zero-order chi connectivity index (χ0) is 43.8. The maximum Gasteiger partial charge on any atom is 0.257 e. The molecule has 0 spiro atoms. The first kappa shape index (κ1) is 46.1. The summed E-state index contributed by atoms with van der Waals surface area (Å²) >= 11 is 0. The van der Waals surface area contributed by atoms with Gasteiger partial charge >= 0.3 is 0 Å². The molecule has 21 heteroatoms. The third-order valence-corrected chi connectivity index (χ3v) is 9.75. The van der Waals surface area contributed by atoms with Crippen molar-refractivity contribution in [3.63, 3.8) is 0 Å². The van der Waals surface area contributed by atoms with E-state index in [2.05, 4.69) is 41.9 Å². The number of fused-ring (bicyclic) bond motifs is 2. The topological polar surface area (TPSA) is 327 Å². The summed E-state index contributed by atoms with van der Waals surface area (Å²) in [7, 11) is 0. The number of likely N-dealkylation sites (tertiary alicyclic amines) is 1. The highest BCUT2D eigenvalue weighted by atomic mass is 16.2. The second-order valence-electron chi connectivity index (χ2n) is 14.5. The van der Waals surface area contributed by atoms with Gasteiger partial charge < -0.3 is 49.5 Å². The maximum atomic E-state index is 14.0. The van der Waals surface area contributed by atoms with Gasteiger partial charge in [0.2, 0.25) is 35.4 Å². The molecule has 324 valence electrons. The summed E-state index contributed by atoms with van der Waals surface area (Å²) in [6, 6.07) is 11.1. The number of nitrogens with zero attached hydrogens (tertiary/aromatic N) is 4. The minimum absolute atomic E-state index is 0.0764. The molecule has 2 aliphatic rings. The van der Waals surface area contributed by atoms with Crippen LogP contribution in [0.25, 0.3) is 0 Å². The first-order valence-electron chi connectivity index (χ1n) is 19.7. The number of imide groups is 1. The van der Waals surface area contributed by atoms with Gasteiger partial charge in [-0.25, -0.2) is 0 Å². The first-order valence-corrected chi connectivity index (χ1v) is 19.7. The molecular weight excluding hydrogens is 777 g/mol. The van der Waals surface area contributed by atoms with Crippen LogP contribution in [0.4, 0.5) is 17.1 Å². The number of rotatable bonds is 19. The Bertz CT molecular complexity index is 1940. The van der Waals surface area contributed by atoms with Crippen molar-refractivity contribution in [2.24, 2.45) is 32.9 Å². The molecule has 2 aromatic rings. The number of carbonyl (C=O) groups excluding carboxylic acids is 7. The van der Waals surface area contributed by atoms with Gasteiger partial charge in [-0.15, -0.1) is 0 Å². The Balaban J connectivity index is 1.31. The van der Waals surface area contributed by atoms with Crippen molar-refractivity contribution in [3.05, 3.63) is 54.1 Å². The number of amides is 7. The van der Waals surface area contributed by atoms with E-state index in [0.717, 1.165) is 6.92 Å². The number of hydrogen-bond acceptors (Lipinski definition) is 11. The Morgan fingerprint density at radius 2 is 1.40 bits per heavy atom. The molecule has 0 bridgehead atoms. The third-order valence-electron chi connectivity index (χ3n) is 9.75. The Hall–Kier alpha value is -6.61. The van der Waals surface area contributed by atoms with Crippen molar-refractivity contribution < 1.29 is 33.6 Å². The number of para-hydroxylation sites is 3. The highest BCUT2D eigenvalue weighted by Gasteiger charge is 2.32. The standard InChI is InChI=1S/C39H56N14O7/c1-23(34(57)51-29(37(60)48-24(2)54)12-8-18-45-39(42)43)47-32(55)21-46-36(59)28(11-7-17-44-38(40)41)49-25-15-19-52(20-16-25)22-33(56)53-30-13-5-3-9-26(30)35(58)50-27-10-4-6-14-31(27)53/h3-6,9-10,13-14,23,25,28-29,49H,7-8,11-12,15-22H2,1-2H3,(H,46,59)(H,47,55)(H,50,58)(H,51,57)(H4,40,41,44)(H4,42,43,45)(H,48,54,60)/t23-,28-,29-/m0/s1. The van der Waals surface area contributed by atoms with E-state index in [9.17, 15) is 33.6 Å². The Kier molecular flexibility index (Phi) is 17.3. The van der Waals surface area contributed by atoms with Crippen molar-refractivity contribution in [1.82, 2.24) is 31.5 Å². The second-order valence-corrected chi connectivity index (χ2v) is 14.5. The SMILES string of the molecule is CC(=O)NC(=O)[C@H](CCCN=C(N)N)NC(=O)[C@H](C)NC(=O)CNC(=O)[C@H](CCCN=C(N)N)NC1CCN(CC(=O)N2c3ccccc3NC(=O)c3ccccc32)CC1. The van der Waals surface area contributed by atoms with E-state index in [4.69, 9.17) is 22.9 Å². The molecular formula is C39H56N14O7. The van der Waals surface area contributed by atoms with E-state index in [0.29, 0.717) is 67.8 Å². The number of guanidine groups is 2. The lowest BCUT2D eigenvalue weighted by Gasteiger charge is -2.35. The molecule has 2 heterocycles. The van der Waals surface area contributed by atoms with Crippen LogP contribution in [0.3, 0.4) is 0 Å². The Morgan fingerprint density at radius 1 is 0.800 bits per heavy atom. The number of carbonyl (C=O) groups is 7. The van der Waals surface area contributed by atoms with Crippen LogP contribution in [0, 0.1) is 0 Å². The van der Waals surface area contributed by atoms with Gasteiger partial charge in [0.15, 0.2) is 11.9 Å². The first-order chi connectivity index (χ1) is 28.6. The largest absolute Gasteiger partial charge is 0.370 e. The van der Waals surface area contributed by atoms with Gasteiger partial charge in [-0.05, 0) is 69.7 Å². The number of piperidine rings is 1. The molecule has 1 saturated heterocycles. The van der Waals surface area contributed by atoms with E-state index in [1.807, 2.05) is 11.0 Å². The fourth-order valence-corrected chi connectivity index (χ4v) is 6.80. The number of benzene rings is 2. The molecule has 0 aliphatic carbocycles. The van der Waals surface area contributed by atoms with Gasteiger partial charge in [-0.3, -0.25) is 58.7 Å². The van der Waals surface area contributed by atoms with E-state index in [-0.39, 0.29) is 55.8 Å². The summed E-state index contributed by atoms with van der Waals surface area (Å²) in [5.74, 6) is -3.84. The van der Waals surface area contributed by atoms with E-state index < -0.39 is 54.2 Å². The van der Waals surface area contributed by atoms with Gasteiger partial charge in [0.25, 0.3) is 5.91 Å². The lowest BCUT2D eigenvalue weighted by Crippen LogP contribution is -2.55. The van der Waals surface area contributed by atoms with Crippen molar-refractivity contribution in [1.29, 1.82) is 0 Å². The molecule has 0 aromatic heterocycles. The van der Waals surface area contributed by atoms with Crippen molar-refractivity contribution in [3.8, 4) is 0 Å². The van der Waals surface area contributed by atoms with Crippen LogP contribution in [0.1, 0.15) is 62.7 Å². The molecule has 3 atom stereocenters. The number of aliphatic imine (C=N–C) groups is 2. The van der Waals surface area contributed by atoms with E-state index in [1.165, 1.54) is 6.92 Å². The van der Waals surface area contributed by atoms with Crippen LogP contribution in [0.2, 0.25) is 0 Å². The van der Waals surface area contributed by atoms with Crippen molar-refractivity contribution in [2.75, 3.05) is 49.5 Å². The zero-order valence-electron chi connectivity index (χ0n) is 33.9. The monoisotopic (exact) mass is 832 g/mol. The number of hydrogen-bond donors (Lipinski definition) is 10. The smallest absolute Gasteiger partial charge is 0.257 e. The van der Waals surface area contributed by atoms with Crippen molar-refractivity contribution >= 4 is 70.3 Å². The van der Waals surface area contributed by atoms with Crippen molar-refractivity contribution in [2.45, 2.75) is 76.5 Å². The lowest BCUT2D eigenvalue weighted by molar-refractivity contribution is -0.134. The number of anilines is 3. The van der Waals surface area contributed by atoms with E-state index in [1.54, 1.807) is 47.4 Å². The zero-order valence-corrected chi connectivity index (χ0v) is 33.9. The maximum absolute atomic E-state index is 14.0. The quantitative estimate of drug-likeness (QED) is 0.0426. The molecule has 60 heavy (non-hydrogen) atoms. The lowest BCUT2D eigenvalue weighted by atomic mass is 10.0. The molecule has 14 N–H and O–H groups in total. The number of nitrogens with two attached hydrogens (primary N) is 4. The van der Waals surface area contributed by atoms with Gasteiger partial charge in [0.05, 0.1) is 41.8 Å². The Morgan fingerprint density at radius 3 is 2.03 bits per heavy atom. The average Bonchev–Trinajstić information content (AvgIpc) is 3.32. The predicted octanol–water partition coefficient (Wildman–Crippen LogP) is -1.78. The molecule has 2 aromatic carbocycles. The normalized spacial score (nSPS) is 15.3. The van der Waals surface area contributed by atoms with Gasteiger partial charge in [0, 0.05) is 39.1 Å². The molecule has 0 unspecified atom stereocenters. The predicted molar refractivity (Wildman–Crippen MR) is 226 cm³/mol. The summed E-state index contributed by atoms with van der Waals surface area (Å²) < 4.78 is 0. The highest BCUT2D eigenvalue weighted by Crippen LogP contribution is 2.37. The molecule has 0 radical (unpaired) electrons. The molecule has 21 nitrogen and oxygen atoms in total. The fourth-order valence-electron chi connectivity index (χ4n) is 6.80. The van der Waals surface area contributed by atoms with Crippen LogP contribution in [0.5, 0.6) is 0 Å². The van der Waals surface area contributed by atoms with E-state index >= 15 is 0 Å². The van der Waals surface area contributed by atoms with Gasteiger partial charge in [-0.2, -0.15) is 0 Å². The molecule has 1 fully saturated rings. The fraction of sp³-hybridized carbons (Fsp3) is 0.462.